The van der Waals surface area contributed by atoms with Gasteiger partial charge >= 0.3 is 49.5 Å². The summed E-state index contributed by atoms with van der Waals surface area (Å²) in [5.41, 5.74) is 0. The Hall–Kier alpha value is 1.51. The summed E-state index contributed by atoms with van der Waals surface area (Å²) >= 11 is -3.29. The van der Waals surface area contributed by atoms with Crippen LogP contribution in [0.3, 0.4) is 0 Å². The van der Waals surface area contributed by atoms with Gasteiger partial charge in [-0.05, 0) is 0 Å². The van der Waals surface area contributed by atoms with Crippen molar-refractivity contribution in [3.05, 3.63) is 0 Å². The molecule has 0 aromatic carbocycles. The molecule has 0 bridgehead atoms. The predicted molar refractivity (Wildman–Crippen MR) is 31.7 cm³/mol. The SMILES string of the molecule is O=[C-]O.[Cl][Zr]([Cl])([Cl])[Cl]. The fourth-order valence-corrected chi connectivity index (χ4v) is 0. The molecule has 0 amide bonds. The summed E-state index contributed by atoms with van der Waals surface area (Å²) in [6.45, 7) is 0.500. The first kappa shape index (κ1) is 12.2. The van der Waals surface area contributed by atoms with E-state index >= 15 is 0 Å². The molecule has 8 heavy (non-hydrogen) atoms. The van der Waals surface area contributed by atoms with Crippen molar-refractivity contribution in [3.63, 3.8) is 0 Å². The van der Waals surface area contributed by atoms with Gasteiger partial charge in [0.15, 0.2) is 0 Å². The molecule has 0 aromatic rings. The van der Waals surface area contributed by atoms with Crippen molar-refractivity contribution in [2.45, 2.75) is 0 Å². The number of halogens is 4. The van der Waals surface area contributed by atoms with E-state index in [1.165, 1.54) is 0 Å². The Balaban J connectivity index is 0. The van der Waals surface area contributed by atoms with Crippen LogP contribution >= 0.6 is 34.1 Å². The van der Waals surface area contributed by atoms with Gasteiger partial charge in [-0.3, -0.25) is 0 Å². The number of hydrogen-bond donors (Lipinski definition) is 1. The van der Waals surface area contributed by atoms with Gasteiger partial charge in [0.05, 0.1) is 0 Å². The second-order valence-corrected chi connectivity index (χ2v) is 22.9. The van der Waals surface area contributed by atoms with E-state index in [0.29, 0.717) is 6.47 Å². The average molecular weight is 278 g/mol. The minimum absolute atomic E-state index is 0.500. The first-order valence-corrected chi connectivity index (χ1v) is 13.8. The summed E-state index contributed by atoms with van der Waals surface area (Å²) in [7, 11) is 20.1. The van der Waals surface area contributed by atoms with E-state index in [2.05, 4.69) is 0 Å². The third-order valence-corrected chi connectivity index (χ3v) is 0. The second kappa shape index (κ2) is 6.63. The molecular weight excluding hydrogens is 277 g/mol. The van der Waals surface area contributed by atoms with Crippen molar-refractivity contribution in [2.75, 3.05) is 0 Å². The van der Waals surface area contributed by atoms with Gasteiger partial charge in [-0.2, -0.15) is 0 Å². The van der Waals surface area contributed by atoms with Crippen LogP contribution in [0.25, 0.3) is 0 Å². The maximum atomic E-state index is 8.24. The molecule has 50 valence electrons. The molecule has 0 saturated heterocycles. The monoisotopic (exact) mass is 275 g/mol. The van der Waals surface area contributed by atoms with Gasteiger partial charge in [0, 0.05) is 0 Å². The molecule has 0 radical (unpaired) electrons. The molecule has 0 atom stereocenters. The fourth-order valence-electron chi connectivity index (χ4n) is 0. The van der Waals surface area contributed by atoms with Crippen LogP contribution in [0.5, 0.6) is 0 Å². The van der Waals surface area contributed by atoms with Crippen molar-refractivity contribution >= 4 is 40.5 Å². The normalized spacial score (nSPS) is 9.00. The molecule has 0 heterocycles. The van der Waals surface area contributed by atoms with E-state index in [1.54, 1.807) is 0 Å². The van der Waals surface area contributed by atoms with Gasteiger partial charge in [0.2, 0.25) is 0 Å². The molecule has 0 saturated carbocycles. The zero-order valence-corrected chi connectivity index (χ0v) is 8.85. The Kier molecular flexibility index (Phi) is 10.1. The summed E-state index contributed by atoms with van der Waals surface area (Å²) in [6.07, 6.45) is 0. The van der Waals surface area contributed by atoms with Gasteiger partial charge < -0.3 is 9.90 Å². The van der Waals surface area contributed by atoms with Gasteiger partial charge in [0.25, 0.3) is 0 Å². The maximum absolute atomic E-state index is 8.24. The number of aliphatic hydroxyl groups excluding tert-OH is 1. The zero-order valence-electron chi connectivity index (χ0n) is 3.37. The summed E-state index contributed by atoms with van der Waals surface area (Å²) < 4.78 is 0. The second-order valence-electron chi connectivity index (χ2n) is 0.520. The molecule has 0 spiro atoms. The topological polar surface area (TPSA) is 37.3 Å². The Labute approximate surface area is 65.3 Å². The van der Waals surface area contributed by atoms with Crippen LogP contribution in [0.15, 0.2) is 0 Å². The number of rotatable bonds is 0. The van der Waals surface area contributed by atoms with Crippen LogP contribution in [0.4, 0.5) is 0 Å². The molecule has 0 aromatic heterocycles. The summed E-state index contributed by atoms with van der Waals surface area (Å²) in [5.74, 6) is 0. The Morgan fingerprint density at radius 2 is 1.25 bits per heavy atom. The van der Waals surface area contributed by atoms with E-state index < -0.39 is 15.5 Å². The molecule has 2 nitrogen and oxygen atoms in total. The van der Waals surface area contributed by atoms with Gasteiger partial charge in [-0.1, -0.05) is 6.47 Å². The Morgan fingerprint density at radius 3 is 1.25 bits per heavy atom. The van der Waals surface area contributed by atoms with E-state index in [9.17, 15) is 0 Å². The van der Waals surface area contributed by atoms with E-state index in [1.807, 2.05) is 0 Å². The third-order valence-electron chi connectivity index (χ3n) is 0. The quantitative estimate of drug-likeness (QED) is 0.691. The summed E-state index contributed by atoms with van der Waals surface area (Å²) in [5, 5.41) is 6.76. The predicted octanol–water partition coefficient (Wildman–Crippen LogP) is 2.37. The van der Waals surface area contributed by atoms with Crippen molar-refractivity contribution in [1.82, 2.24) is 0 Å². The van der Waals surface area contributed by atoms with Crippen LogP contribution in [-0.2, 0) is 20.3 Å². The molecule has 0 rings (SSSR count). The van der Waals surface area contributed by atoms with Crippen LogP contribution in [-0.4, -0.2) is 11.6 Å². The van der Waals surface area contributed by atoms with Crippen LogP contribution in [0.1, 0.15) is 0 Å². The van der Waals surface area contributed by atoms with Gasteiger partial charge in [-0.25, -0.2) is 0 Å². The minimum atomic E-state index is -3.29. The van der Waals surface area contributed by atoms with E-state index in [4.69, 9.17) is 44.0 Å². The molecule has 0 aliphatic heterocycles. The molecular formula is CHCl4O2Zr-. The average Bonchev–Trinajstić information content (AvgIpc) is 1.27. The van der Waals surface area contributed by atoms with E-state index in [0.717, 1.165) is 0 Å². The van der Waals surface area contributed by atoms with Crippen molar-refractivity contribution < 1.29 is 25.4 Å². The van der Waals surface area contributed by atoms with Crippen LogP contribution in [0.2, 0.25) is 0 Å². The molecule has 0 aliphatic carbocycles. The van der Waals surface area contributed by atoms with Crippen molar-refractivity contribution in [3.8, 4) is 0 Å². The standard InChI is InChI=1S/CHO2.4ClH.Zr/c2-1-3;;;;;/h(H,2,3);4*1H;/q-1;;;;;+4/p-4. The first-order valence-electron chi connectivity index (χ1n) is 1.18. The summed E-state index contributed by atoms with van der Waals surface area (Å²) in [6, 6.07) is 0. The molecule has 0 fully saturated rings. The van der Waals surface area contributed by atoms with Crippen LogP contribution < -0.4 is 0 Å². The molecule has 0 unspecified atom stereocenters. The molecule has 7 heteroatoms. The van der Waals surface area contributed by atoms with Crippen molar-refractivity contribution in [1.29, 1.82) is 0 Å². The fraction of sp³-hybridized carbons (Fsp3) is 0. The van der Waals surface area contributed by atoms with Gasteiger partial charge in [-0.15, -0.1) is 0 Å². The van der Waals surface area contributed by atoms with E-state index in [-0.39, 0.29) is 0 Å². The summed E-state index contributed by atoms with van der Waals surface area (Å²) in [4.78, 5) is 8.24. The van der Waals surface area contributed by atoms with Crippen LogP contribution in [0, 0.1) is 0 Å². The first-order chi connectivity index (χ1) is 3.41. The Morgan fingerprint density at radius 1 is 1.25 bits per heavy atom. The number of hydrogen-bond acceptors (Lipinski definition) is 1. The Bertz CT molecular complexity index is 53.5. The molecule has 0 aliphatic rings. The zero-order chi connectivity index (χ0) is 7.21. The third kappa shape index (κ3) is 139. The van der Waals surface area contributed by atoms with Gasteiger partial charge in [0.1, 0.15) is 0 Å². The van der Waals surface area contributed by atoms with Crippen molar-refractivity contribution in [2.24, 2.45) is 0 Å². The molecule has 1 N–H and O–H groups in total.